The smallest absolute Gasteiger partial charge is 0.211 e. The number of nitrogens with zero attached hydrogens (tertiary/aromatic N) is 1. The normalized spacial score (nSPS) is 22.6. The van der Waals surface area contributed by atoms with E-state index in [1.165, 1.54) is 22.7 Å². The van der Waals surface area contributed by atoms with Crippen molar-refractivity contribution >= 4 is 10.0 Å². The lowest BCUT2D eigenvalue weighted by Gasteiger charge is -2.32. The van der Waals surface area contributed by atoms with Crippen LogP contribution in [0.4, 0.5) is 4.39 Å². The first-order valence-electron chi connectivity index (χ1n) is 5.41. The lowest BCUT2D eigenvalue weighted by atomic mass is 10.1. The summed E-state index contributed by atoms with van der Waals surface area (Å²) in [6.07, 6.45) is 1.21. The minimum atomic E-state index is -3.16. The predicted octanol–water partition coefficient (Wildman–Crippen LogP) is 0.732. The van der Waals surface area contributed by atoms with E-state index in [4.69, 9.17) is 0 Å². The van der Waals surface area contributed by atoms with Gasteiger partial charge in [-0.2, -0.15) is 4.31 Å². The second kappa shape index (κ2) is 4.72. The van der Waals surface area contributed by atoms with Crippen molar-refractivity contribution in [1.82, 2.24) is 9.62 Å². The minimum absolute atomic E-state index is 0.0703. The van der Waals surface area contributed by atoms with Crippen LogP contribution < -0.4 is 5.32 Å². The van der Waals surface area contributed by atoms with Crippen molar-refractivity contribution < 1.29 is 12.8 Å². The highest BCUT2D eigenvalue weighted by Crippen LogP contribution is 2.19. The van der Waals surface area contributed by atoms with Crippen LogP contribution in [0.15, 0.2) is 24.3 Å². The van der Waals surface area contributed by atoms with E-state index in [-0.39, 0.29) is 11.9 Å². The van der Waals surface area contributed by atoms with Crippen LogP contribution in [0.2, 0.25) is 0 Å². The first kappa shape index (κ1) is 12.5. The van der Waals surface area contributed by atoms with Crippen molar-refractivity contribution in [2.75, 3.05) is 25.9 Å². The molecule has 1 aromatic rings. The van der Waals surface area contributed by atoms with Gasteiger partial charge in [0.15, 0.2) is 0 Å². The van der Waals surface area contributed by atoms with Gasteiger partial charge in [0.25, 0.3) is 0 Å². The molecule has 0 amide bonds. The van der Waals surface area contributed by atoms with Crippen molar-refractivity contribution in [3.8, 4) is 0 Å². The van der Waals surface area contributed by atoms with E-state index in [0.29, 0.717) is 19.6 Å². The van der Waals surface area contributed by atoms with Crippen LogP contribution in [-0.4, -0.2) is 38.6 Å². The molecule has 1 fully saturated rings. The predicted molar refractivity (Wildman–Crippen MR) is 63.6 cm³/mol. The van der Waals surface area contributed by atoms with Crippen LogP contribution in [0.5, 0.6) is 0 Å². The third-order valence-electron chi connectivity index (χ3n) is 2.88. The standard InChI is InChI=1S/C11H15FN2O2S/c1-17(15,16)14-7-6-13-11(8-14)9-2-4-10(12)5-3-9/h2-5,11,13H,6-8H2,1H3. The number of hydrogen-bond acceptors (Lipinski definition) is 3. The van der Waals surface area contributed by atoms with E-state index in [1.54, 1.807) is 12.1 Å². The molecular weight excluding hydrogens is 243 g/mol. The van der Waals surface area contributed by atoms with Crippen molar-refractivity contribution in [3.05, 3.63) is 35.6 Å². The van der Waals surface area contributed by atoms with Gasteiger partial charge in [-0.05, 0) is 17.7 Å². The summed E-state index contributed by atoms with van der Waals surface area (Å²) in [6, 6.07) is 6.06. The van der Waals surface area contributed by atoms with Crippen LogP contribution in [0, 0.1) is 5.82 Å². The molecule has 17 heavy (non-hydrogen) atoms. The van der Waals surface area contributed by atoms with Gasteiger partial charge in [0.05, 0.1) is 6.26 Å². The van der Waals surface area contributed by atoms with Crippen molar-refractivity contribution in [2.24, 2.45) is 0 Å². The Labute approximate surface area is 100 Å². The Bertz CT molecular complexity index is 487. The maximum absolute atomic E-state index is 12.8. The fourth-order valence-corrected chi connectivity index (χ4v) is 2.79. The van der Waals surface area contributed by atoms with E-state index in [1.807, 2.05) is 0 Å². The summed E-state index contributed by atoms with van der Waals surface area (Å²) < 4.78 is 37.1. The molecule has 1 aromatic carbocycles. The zero-order chi connectivity index (χ0) is 12.5. The van der Waals surface area contributed by atoms with Gasteiger partial charge in [0.2, 0.25) is 10.0 Å². The van der Waals surface area contributed by atoms with E-state index in [9.17, 15) is 12.8 Å². The van der Waals surface area contributed by atoms with Crippen LogP contribution in [0.25, 0.3) is 0 Å². The molecule has 0 aliphatic carbocycles. The lowest BCUT2D eigenvalue weighted by molar-refractivity contribution is 0.303. The Kier molecular flexibility index (Phi) is 3.46. The third kappa shape index (κ3) is 3.02. The molecule has 0 saturated carbocycles. The molecule has 0 spiro atoms. The summed E-state index contributed by atoms with van der Waals surface area (Å²) in [6.45, 7) is 1.48. The Morgan fingerprint density at radius 3 is 2.59 bits per heavy atom. The molecule has 1 saturated heterocycles. The molecule has 2 rings (SSSR count). The Morgan fingerprint density at radius 1 is 1.35 bits per heavy atom. The van der Waals surface area contributed by atoms with Gasteiger partial charge in [-0.1, -0.05) is 12.1 Å². The number of rotatable bonds is 2. The average molecular weight is 258 g/mol. The quantitative estimate of drug-likeness (QED) is 0.851. The molecule has 0 radical (unpaired) electrons. The number of sulfonamides is 1. The molecule has 0 bridgehead atoms. The molecule has 1 heterocycles. The summed E-state index contributed by atoms with van der Waals surface area (Å²) in [7, 11) is -3.16. The van der Waals surface area contributed by atoms with Crippen molar-refractivity contribution in [2.45, 2.75) is 6.04 Å². The Morgan fingerprint density at radius 2 is 2.00 bits per heavy atom. The van der Waals surface area contributed by atoms with Crippen LogP contribution in [0.3, 0.4) is 0 Å². The molecule has 94 valence electrons. The van der Waals surface area contributed by atoms with Crippen LogP contribution in [-0.2, 0) is 10.0 Å². The monoisotopic (exact) mass is 258 g/mol. The molecule has 0 aromatic heterocycles. The van der Waals surface area contributed by atoms with Crippen molar-refractivity contribution in [1.29, 1.82) is 0 Å². The van der Waals surface area contributed by atoms with Crippen molar-refractivity contribution in [3.63, 3.8) is 0 Å². The summed E-state index contributed by atoms with van der Waals surface area (Å²) in [5.41, 5.74) is 0.903. The molecule has 6 heteroatoms. The lowest BCUT2D eigenvalue weighted by Crippen LogP contribution is -2.47. The number of benzene rings is 1. The third-order valence-corrected chi connectivity index (χ3v) is 4.15. The number of hydrogen-bond donors (Lipinski definition) is 1. The minimum Gasteiger partial charge on any atom is -0.308 e. The fourth-order valence-electron chi connectivity index (χ4n) is 1.94. The van der Waals surface area contributed by atoms with E-state index in [0.717, 1.165) is 5.56 Å². The summed E-state index contributed by atoms with van der Waals surface area (Å²) >= 11 is 0. The van der Waals surface area contributed by atoms with Gasteiger partial charge in [0.1, 0.15) is 5.82 Å². The zero-order valence-corrected chi connectivity index (χ0v) is 10.4. The summed E-state index contributed by atoms with van der Waals surface area (Å²) in [5.74, 6) is -0.287. The summed E-state index contributed by atoms with van der Waals surface area (Å²) in [5, 5.41) is 3.23. The van der Waals surface area contributed by atoms with E-state index >= 15 is 0 Å². The van der Waals surface area contributed by atoms with Crippen LogP contribution >= 0.6 is 0 Å². The maximum atomic E-state index is 12.8. The average Bonchev–Trinajstić information content (AvgIpc) is 2.29. The second-order valence-electron chi connectivity index (χ2n) is 4.18. The maximum Gasteiger partial charge on any atom is 0.211 e. The number of nitrogens with one attached hydrogen (secondary N) is 1. The molecule has 1 atom stereocenters. The van der Waals surface area contributed by atoms with Crippen LogP contribution in [0.1, 0.15) is 11.6 Å². The Hall–Kier alpha value is -0.980. The molecule has 1 N–H and O–H groups in total. The number of halogens is 1. The van der Waals surface area contributed by atoms with Gasteiger partial charge in [-0.15, -0.1) is 0 Å². The van der Waals surface area contributed by atoms with Gasteiger partial charge in [-0.25, -0.2) is 12.8 Å². The second-order valence-corrected chi connectivity index (χ2v) is 6.16. The zero-order valence-electron chi connectivity index (χ0n) is 9.56. The highest BCUT2D eigenvalue weighted by molar-refractivity contribution is 7.88. The SMILES string of the molecule is CS(=O)(=O)N1CCNC(c2ccc(F)cc2)C1. The van der Waals surface area contributed by atoms with Gasteiger partial charge in [-0.3, -0.25) is 0 Å². The first-order chi connectivity index (χ1) is 7.97. The first-order valence-corrected chi connectivity index (χ1v) is 7.25. The largest absolute Gasteiger partial charge is 0.308 e. The number of piperazine rings is 1. The van der Waals surface area contributed by atoms with Gasteiger partial charge >= 0.3 is 0 Å². The van der Waals surface area contributed by atoms with E-state index < -0.39 is 10.0 Å². The molecule has 4 nitrogen and oxygen atoms in total. The molecular formula is C11H15FN2O2S. The summed E-state index contributed by atoms with van der Waals surface area (Å²) in [4.78, 5) is 0. The Balaban J connectivity index is 2.15. The van der Waals surface area contributed by atoms with E-state index in [2.05, 4.69) is 5.32 Å². The van der Waals surface area contributed by atoms with Gasteiger partial charge in [0, 0.05) is 25.7 Å². The van der Waals surface area contributed by atoms with Gasteiger partial charge < -0.3 is 5.32 Å². The molecule has 1 aliphatic heterocycles. The molecule has 1 aliphatic rings. The highest BCUT2D eigenvalue weighted by atomic mass is 32.2. The highest BCUT2D eigenvalue weighted by Gasteiger charge is 2.26. The fraction of sp³-hybridized carbons (Fsp3) is 0.455. The topological polar surface area (TPSA) is 49.4 Å². The molecule has 1 unspecified atom stereocenters.